The lowest BCUT2D eigenvalue weighted by molar-refractivity contribution is 0.892. The maximum Gasteiger partial charge on any atom is 0.0991 e. The summed E-state index contributed by atoms with van der Waals surface area (Å²) in [6, 6.07) is 5.87. The summed E-state index contributed by atoms with van der Waals surface area (Å²) >= 11 is 0. The maximum absolute atomic E-state index is 8.90. The van der Waals surface area contributed by atoms with Gasteiger partial charge in [-0.15, -0.1) is 0 Å². The third-order valence-electron chi connectivity index (χ3n) is 2.47. The van der Waals surface area contributed by atoms with Crippen LogP contribution in [0.1, 0.15) is 43.4 Å². The molecule has 0 spiro atoms. The number of nitrogens with zero attached hydrogens (tertiary/aromatic N) is 1. The zero-order chi connectivity index (χ0) is 11.3. The standard InChI is InChI=1S/C13H17N2/c1-3-5-11-7-10(9-14)8-12(6-4-2)13(11)15/h7-8,15H,3-6H2,1-2H3. The van der Waals surface area contributed by atoms with E-state index >= 15 is 0 Å². The molecule has 0 fully saturated rings. The van der Waals surface area contributed by atoms with Gasteiger partial charge in [-0.1, -0.05) is 26.7 Å². The molecule has 0 atom stereocenters. The van der Waals surface area contributed by atoms with E-state index < -0.39 is 0 Å². The highest BCUT2D eigenvalue weighted by Gasteiger charge is 2.07. The van der Waals surface area contributed by atoms with Crippen LogP contribution < -0.4 is 5.73 Å². The fourth-order valence-electron chi connectivity index (χ4n) is 1.77. The normalized spacial score (nSPS) is 9.93. The van der Waals surface area contributed by atoms with E-state index in [0.717, 1.165) is 36.8 Å². The average Bonchev–Trinajstić information content (AvgIpc) is 2.24. The van der Waals surface area contributed by atoms with Crippen molar-refractivity contribution < 1.29 is 0 Å². The molecule has 0 aliphatic carbocycles. The first-order chi connectivity index (χ1) is 7.22. The molecule has 0 aliphatic heterocycles. The molecule has 1 radical (unpaired) electrons. The minimum absolute atomic E-state index is 0.637. The molecule has 0 amide bonds. The third kappa shape index (κ3) is 2.73. The Balaban J connectivity index is 3.15. The summed E-state index contributed by atoms with van der Waals surface area (Å²) in [6.07, 6.45) is 3.83. The molecule has 1 N–H and O–H groups in total. The van der Waals surface area contributed by atoms with E-state index in [4.69, 9.17) is 11.0 Å². The van der Waals surface area contributed by atoms with Gasteiger partial charge in [0.1, 0.15) is 0 Å². The Morgan fingerprint density at radius 2 is 1.60 bits per heavy atom. The summed E-state index contributed by atoms with van der Waals surface area (Å²) in [5.74, 6) is 0. The molecule has 79 valence electrons. The fraction of sp³-hybridized carbons (Fsp3) is 0.462. The third-order valence-corrected chi connectivity index (χ3v) is 2.47. The Morgan fingerprint density at radius 1 is 1.13 bits per heavy atom. The van der Waals surface area contributed by atoms with Crippen molar-refractivity contribution in [2.75, 3.05) is 0 Å². The number of nitrogens with one attached hydrogen (secondary N) is 1. The topological polar surface area (TPSA) is 47.6 Å². The first-order valence-electron chi connectivity index (χ1n) is 5.50. The van der Waals surface area contributed by atoms with Gasteiger partial charge < -0.3 is 5.73 Å². The van der Waals surface area contributed by atoms with Crippen molar-refractivity contribution in [3.8, 4) is 6.07 Å². The second kappa shape index (κ2) is 5.41. The Labute approximate surface area is 91.7 Å². The Bertz CT molecular complexity index is 348. The molecule has 0 saturated heterocycles. The van der Waals surface area contributed by atoms with Gasteiger partial charge in [0.15, 0.2) is 0 Å². The van der Waals surface area contributed by atoms with Crippen molar-refractivity contribution in [2.45, 2.75) is 39.5 Å². The quantitative estimate of drug-likeness (QED) is 0.736. The van der Waals surface area contributed by atoms with E-state index in [-0.39, 0.29) is 0 Å². The number of hydrogen-bond donors (Lipinski definition) is 0. The minimum Gasteiger partial charge on any atom is -0.300 e. The van der Waals surface area contributed by atoms with Crippen LogP contribution in [0.25, 0.3) is 0 Å². The second-order valence-electron chi connectivity index (χ2n) is 3.78. The summed E-state index contributed by atoms with van der Waals surface area (Å²) in [5, 5.41) is 8.90. The van der Waals surface area contributed by atoms with E-state index in [1.54, 1.807) is 0 Å². The highest BCUT2D eigenvalue weighted by molar-refractivity contribution is 5.55. The lowest BCUT2D eigenvalue weighted by atomic mass is 9.98. The van der Waals surface area contributed by atoms with Crippen LogP contribution in [0, 0.1) is 11.3 Å². The summed E-state index contributed by atoms with van der Waals surface area (Å²) < 4.78 is 0. The van der Waals surface area contributed by atoms with E-state index in [1.165, 1.54) is 0 Å². The molecular formula is C13H17N2. The predicted octanol–water partition coefficient (Wildman–Crippen LogP) is 3.38. The number of aryl methyl sites for hydroxylation is 2. The first kappa shape index (κ1) is 11.6. The zero-order valence-corrected chi connectivity index (χ0v) is 9.43. The summed E-state index contributed by atoms with van der Waals surface area (Å²) in [7, 11) is 0. The largest absolute Gasteiger partial charge is 0.300 e. The maximum atomic E-state index is 8.90. The second-order valence-corrected chi connectivity index (χ2v) is 3.78. The number of rotatable bonds is 4. The van der Waals surface area contributed by atoms with Crippen molar-refractivity contribution in [2.24, 2.45) is 0 Å². The summed E-state index contributed by atoms with van der Waals surface area (Å²) in [6.45, 7) is 4.19. The number of nitriles is 1. The van der Waals surface area contributed by atoms with E-state index in [1.807, 2.05) is 12.1 Å². The summed E-state index contributed by atoms with van der Waals surface area (Å²) in [4.78, 5) is 0. The van der Waals surface area contributed by atoms with Crippen molar-refractivity contribution in [1.29, 1.82) is 5.26 Å². The number of hydrogen-bond acceptors (Lipinski definition) is 1. The van der Waals surface area contributed by atoms with Crippen molar-refractivity contribution in [3.63, 3.8) is 0 Å². The van der Waals surface area contributed by atoms with Crippen LogP contribution in [0.3, 0.4) is 0 Å². The van der Waals surface area contributed by atoms with Crippen molar-refractivity contribution in [3.05, 3.63) is 28.8 Å². The Kier molecular flexibility index (Phi) is 4.17. The molecule has 1 aromatic carbocycles. The zero-order valence-electron chi connectivity index (χ0n) is 9.43. The molecule has 2 nitrogen and oxygen atoms in total. The van der Waals surface area contributed by atoms with Gasteiger partial charge in [-0.3, -0.25) is 0 Å². The lowest BCUT2D eigenvalue weighted by Gasteiger charge is -2.09. The van der Waals surface area contributed by atoms with Crippen LogP contribution in [0.15, 0.2) is 12.1 Å². The minimum atomic E-state index is 0.637. The summed E-state index contributed by atoms with van der Waals surface area (Å²) in [5.41, 5.74) is 11.4. The average molecular weight is 201 g/mol. The fourth-order valence-corrected chi connectivity index (χ4v) is 1.77. The molecule has 0 heterocycles. The molecule has 15 heavy (non-hydrogen) atoms. The molecule has 0 saturated carbocycles. The van der Waals surface area contributed by atoms with Crippen LogP contribution in [0.5, 0.6) is 0 Å². The van der Waals surface area contributed by atoms with Gasteiger partial charge in [0, 0.05) is 0 Å². The van der Waals surface area contributed by atoms with E-state index in [2.05, 4.69) is 19.9 Å². The first-order valence-corrected chi connectivity index (χ1v) is 5.50. The molecule has 0 unspecified atom stereocenters. The van der Waals surface area contributed by atoms with E-state index in [0.29, 0.717) is 11.3 Å². The number of benzene rings is 1. The van der Waals surface area contributed by atoms with Gasteiger partial charge in [0.05, 0.1) is 17.3 Å². The van der Waals surface area contributed by atoms with Gasteiger partial charge in [0.2, 0.25) is 0 Å². The SMILES string of the molecule is CCCc1cc(C#N)cc(CCC)c1[NH]. The van der Waals surface area contributed by atoms with Gasteiger partial charge in [-0.2, -0.15) is 5.26 Å². The monoisotopic (exact) mass is 201 g/mol. The van der Waals surface area contributed by atoms with Crippen LogP contribution in [0.4, 0.5) is 5.69 Å². The Morgan fingerprint density at radius 3 is 1.93 bits per heavy atom. The van der Waals surface area contributed by atoms with E-state index in [9.17, 15) is 0 Å². The molecule has 1 aromatic rings. The molecule has 0 aromatic heterocycles. The van der Waals surface area contributed by atoms with Crippen LogP contribution in [-0.4, -0.2) is 0 Å². The smallest absolute Gasteiger partial charge is 0.0991 e. The van der Waals surface area contributed by atoms with Gasteiger partial charge in [-0.05, 0) is 36.1 Å². The van der Waals surface area contributed by atoms with Gasteiger partial charge >= 0.3 is 0 Å². The van der Waals surface area contributed by atoms with Gasteiger partial charge in [0.25, 0.3) is 0 Å². The van der Waals surface area contributed by atoms with Crippen molar-refractivity contribution >= 4 is 5.69 Å². The molecule has 0 aliphatic rings. The molecular weight excluding hydrogens is 184 g/mol. The highest BCUT2D eigenvalue weighted by atomic mass is 14.6. The van der Waals surface area contributed by atoms with Crippen LogP contribution >= 0.6 is 0 Å². The lowest BCUT2D eigenvalue weighted by Crippen LogP contribution is -1.95. The molecule has 2 heteroatoms. The van der Waals surface area contributed by atoms with Crippen LogP contribution in [-0.2, 0) is 12.8 Å². The van der Waals surface area contributed by atoms with Crippen LogP contribution in [0.2, 0.25) is 0 Å². The van der Waals surface area contributed by atoms with Gasteiger partial charge in [-0.25, -0.2) is 0 Å². The molecule has 0 bridgehead atoms. The Hall–Kier alpha value is -1.49. The predicted molar refractivity (Wildman–Crippen MR) is 61.9 cm³/mol. The van der Waals surface area contributed by atoms with Crippen molar-refractivity contribution in [1.82, 2.24) is 5.73 Å². The highest BCUT2D eigenvalue weighted by Crippen LogP contribution is 2.24. The molecule has 1 rings (SSSR count).